The van der Waals surface area contributed by atoms with E-state index in [-0.39, 0.29) is 11.9 Å². The molecule has 140 valence electrons. The maximum Gasteiger partial charge on any atom is 0.251 e. The Morgan fingerprint density at radius 1 is 1.04 bits per heavy atom. The maximum atomic E-state index is 12.4. The summed E-state index contributed by atoms with van der Waals surface area (Å²) in [4.78, 5) is 12.4. The molecule has 0 radical (unpaired) electrons. The number of hydrogen-bond donors (Lipinski definition) is 1. The largest absolute Gasteiger partial charge is 0.496 e. The van der Waals surface area contributed by atoms with Crippen molar-refractivity contribution in [1.82, 2.24) is 5.32 Å². The van der Waals surface area contributed by atoms with Crippen molar-refractivity contribution >= 4 is 16.7 Å². The summed E-state index contributed by atoms with van der Waals surface area (Å²) in [6.07, 6.45) is 0.889. The number of hydrogen-bond acceptors (Lipinski definition) is 3. The molecule has 1 atom stereocenters. The first-order valence-corrected chi connectivity index (χ1v) is 9.20. The molecule has 0 saturated heterocycles. The van der Waals surface area contributed by atoms with Crippen LogP contribution in [0.3, 0.4) is 0 Å². The van der Waals surface area contributed by atoms with Crippen LogP contribution in [0, 0.1) is 0 Å². The number of benzene rings is 3. The van der Waals surface area contributed by atoms with Gasteiger partial charge in [-0.2, -0.15) is 0 Å². The number of nitrogens with one attached hydrogen (secondary N) is 1. The number of carbonyl (C=O) groups excluding carboxylic acids is 1. The van der Waals surface area contributed by atoms with Gasteiger partial charge in [0.1, 0.15) is 18.1 Å². The number of methoxy groups -OCH3 is 1. The molecule has 0 aliphatic carbocycles. The molecule has 3 rings (SSSR count). The van der Waals surface area contributed by atoms with Gasteiger partial charge in [-0.1, -0.05) is 37.3 Å². The highest BCUT2D eigenvalue weighted by Gasteiger charge is 2.12. The SMILES string of the molecule is CC[C@@H](C)NC(=O)c1ccc(OC)c(COc2ccc3ccccc3c2)c1. The fourth-order valence-electron chi connectivity index (χ4n) is 2.86. The second-order valence-electron chi connectivity index (χ2n) is 6.61. The number of rotatable bonds is 7. The van der Waals surface area contributed by atoms with Gasteiger partial charge in [0, 0.05) is 17.2 Å². The second kappa shape index (κ2) is 8.58. The summed E-state index contributed by atoms with van der Waals surface area (Å²) in [5, 5.41) is 5.28. The van der Waals surface area contributed by atoms with Crippen molar-refractivity contribution in [1.29, 1.82) is 0 Å². The zero-order valence-corrected chi connectivity index (χ0v) is 16.0. The van der Waals surface area contributed by atoms with Gasteiger partial charge >= 0.3 is 0 Å². The van der Waals surface area contributed by atoms with E-state index in [1.165, 1.54) is 5.39 Å². The molecule has 4 nitrogen and oxygen atoms in total. The fourth-order valence-corrected chi connectivity index (χ4v) is 2.86. The van der Waals surface area contributed by atoms with Crippen molar-refractivity contribution in [2.75, 3.05) is 7.11 Å². The lowest BCUT2D eigenvalue weighted by Crippen LogP contribution is -2.31. The van der Waals surface area contributed by atoms with Crippen LogP contribution < -0.4 is 14.8 Å². The van der Waals surface area contributed by atoms with E-state index in [1.807, 2.05) is 56.3 Å². The molecular weight excluding hydrogens is 338 g/mol. The molecule has 27 heavy (non-hydrogen) atoms. The van der Waals surface area contributed by atoms with Crippen LogP contribution in [0.5, 0.6) is 11.5 Å². The van der Waals surface area contributed by atoms with Crippen LogP contribution in [-0.2, 0) is 6.61 Å². The average Bonchev–Trinajstić information content (AvgIpc) is 2.71. The van der Waals surface area contributed by atoms with Crippen LogP contribution in [0.4, 0.5) is 0 Å². The molecule has 0 aromatic heterocycles. The molecule has 1 N–H and O–H groups in total. The minimum absolute atomic E-state index is 0.0843. The smallest absolute Gasteiger partial charge is 0.251 e. The monoisotopic (exact) mass is 363 g/mol. The molecule has 3 aromatic carbocycles. The molecular formula is C23H25NO3. The topological polar surface area (TPSA) is 47.6 Å². The molecule has 0 fully saturated rings. The van der Waals surface area contributed by atoms with E-state index in [4.69, 9.17) is 9.47 Å². The van der Waals surface area contributed by atoms with Gasteiger partial charge < -0.3 is 14.8 Å². The predicted octanol–water partition coefficient (Wildman–Crippen LogP) is 4.96. The number of carbonyl (C=O) groups is 1. The second-order valence-corrected chi connectivity index (χ2v) is 6.61. The lowest BCUT2D eigenvalue weighted by atomic mass is 10.1. The number of ether oxygens (including phenoxy) is 2. The standard InChI is InChI=1S/C23H25NO3/c1-4-16(2)24-23(25)19-10-12-22(26-3)20(13-19)15-27-21-11-9-17-7-5-6-8-18(17)14-21/h5-14,16H,4,15H2,1-3H3,(H,24,25)/t16-/m1/s1. The van der Waals surface area contributed by atoms with E-state index >= 15 is 0 Å². The highest BCUT2D eigenvalue weighted by atomic mass is 16.5. The van der Waals surface area contributed by atoms with Crippen LogP contribution in [0.25, 0.3) is 10.8 Å². The van der Waals surface area contributed by atoms with Crippen molar-refractivity contribution in [2.24, 2.45) is 0 Å². The van der Waals surface area contributed by atoms with Gasteiger partial charge in [-0.3, -0.25) is 4.79 Å². The molecule has 0 unspecified atom stereocenters. The lowest BCUT2D eigenvalue weighted by Gasteiger charge is -2.14. The van der Waals surface area contributed by atoms with Crippen molar-refractivity contribution in [3.8, 4) is 11.5 Å². The van der Waals surface area contributed by atoms with Gasteiger partial charge in [0.15, 0.2) is 0 Å². The number of amides is 1. The zero-order chi connectivity index (χ0) is 19.2. The average molecular weight is 363 g/mol. The van der Waals surface area contributed by atoms with Crippen LogP contribution in [0.2, 0.25) is 0 Å². The minimum Gasteiger partial charge on any atom is -0.496 e. The van der Waals surface area contributed by atoms with Crippen molar-refractivity contribution < 1.29 is 14.3 Å². The first kappa shape index (κ1) is 18.8. The van der Waals surface area contributed by atoms with E-state index in [2.05, 4.69) is 17.4 Å². The summed E-state index contributed by atoms with van der Waals surface area (Å²) < 4.78 is 11.4. The number of fused-ring (bicyclic) bond motifs is 1. The third kappa shape index (κ3) is 4.59. The Kier molecular flexibility index (Phi) is 5.97. The van der Waals surface area contributed by atoms with Gasteiger partial charge in [-0.05, 0) is 54.4 Å². The van der Waals surface area contributed by atoms with Gasteiger partial charge in [0.2, 0.25) is 0 Å². The Bertz CT molecular complexity index is 936. The summed E-state index contributed by atoms with van der Waals surface area (Å²) in [6.45, 7) is 4.36. The van der Waals surface area contributed by atoms with E-state index < -0.39 is 0 Å². The fraction of sp³-hybridized carbons (Fsp3) is 0.261. The van der Waals surface area contributed by atoms with Crippen molar-refractivity contribution in [3.63, 3.8) is 0 Å². The van der Waals surface area contributed by atoms with Crippen LogP contribution in [-0.4, -0.2) is 19.1 Å². The van der Waals surface area contributed by atoms with E-state index in [9.17, 15) is 4.79 Å². The summed E-state index contributed by atoms with van der Waals surface area (Å²) in [7, 11) is 1.62. The highest BCUT2D eigenvalue weighted by molar-refractivity contribution is 5.94. The van der Waals surface area contributed by atoms with Gasteiger partial charge in [-0.15, -0.1) is 0 Å². The predicted molar refractivity (Wildman–Crippen MR) is 108 cm³/mol. The summed E-state index contributed by atoms with van der Waals surface area (Å²) in [5.74, 6) is 1.40. The van der Waals surface area contributed by atoms with Gasteiger partial charge in [-0.25, -0.2) is 0 Å². The van der Waals surface area contributed by atoms with Crippen LogP contribution >= 0.6 is 0 Å². The van der Waals surface area contributed by atoms with E-state index in [0.717, 1.165) is 23.1 Å². The summed E-state index contributed by atoms with van der Waals surface area (Å²) in [6, 6.07) is 19.7. The Balaban J connectivity index is 1.77. The Morgan fingerprint density at radius 3 is 2.56 bits per heavy atom. The molecule has 0 spiro atoms. The summed E-state index contributed by atoms with van der Waals surface area (Å²) >= 11 is 0. The quantitative estimate of drug-likeness (QED) is 0.646. The Hall–Kier alpha value is -3.01. The van der Waals surface area contributed by atoms with Gasteiger partial charge in [0.25, 0.3) is 5.91 Å². The lowest BCUT2D eigenvalue weighted by molar-refractivity contribution is 0.0939. The van der Waals surface area contributed by atoms with Crippen molar-refractivity contribution in [2.45, 2.75) is 32.9 Å². The molecule has 4 heteroatoms. The summed E-state index contributed by atoms with van der Waals surface area (Å²) in [5.41, 5.74) is 1.44. The normalized spacial score (nSPS) is 11.8. The Morgan fingerprint density at radius 2 is 1.81 bits per heavy atom. The van der Waals surface area contributed by atoms with Gasteiger partial charge in [0.05, 0.1) is 7.11 Å². The highest BCUT2D eigenvalue weighted by Crippen LogP contribution is 2.25. The molecule has 3 aromatic rings. The molecule has 0 aliphatic rings. The molecule has 0 heterocycles. The van der Waals surface area contributed by atoms with Crippen molar-refractivity contribution in [3.05, 3.63) is 71.8 Å². The van der Waals surface area contributed by atoms with Crippen LogP contribution in [0.15, 0.2) is 60.7 Å². The third-order valence-corrected chi connectivity index (χ3v) is 4.65. The third-order valence-electron chi connectivity index (χ3n) is 4.65. The molecule has 0 aliphatic heterocycles. The van der Waals surface area contributed by atoms with E-state index in [0.29, 0.717) is 17.9 Å². The van der Waals surface area contributed by atoms with Crippen LogP contribution in [0.1, 0.15) is 36.2 Å². The first-order chi connectivity index (χ1) is 13.1. The zero-order valence-electron chi connectivity index (χ0n) is 16.0. The maximum absolute atomic E-state index is 12.4. The first-order valence-electron chi connectivity index (χ1n) is 9.20. The Labute approximate surface area is 160 Å². The molecule has 1 amide bonds. The minimum atomic E-state index is -0.0843. The van der Waals surface area contributed by atoms with E-state index in [1.54, 1.807) is 13.2 Å². The molecule has 0 saturated carbocycles. The molecule has 0 bridgehead atoms.